The molecule has 0 aromatic heterocycles. The number of ether oxygens (including phenoxy) is 1. The number of anilines is 1. The monoisotopic (exact) mass is 344 g/mol. The molecule has 0 radical (unpaired) electrons. The number of carbonyl (C=O) groups is 3. The van der Waals surface area contributed by atoms with Crippen LogP contribution in [-0.2, 0) is 9.59 Å². The number of piperidine rings is 1. The van der Waals surface area contributed by atoms with Crippen molar-refractivity contribution in [1.82, 2.24) is 4.90 Å². The summed E-state index contributed by atoms with van der Waals surface area (Å²) in [4.78, 5) is 39.9. The average molecular weight is 344 g/mol. The van der Waals surface area contributed by atoms with Crippen LogP contribution < -0.4 is 9.64 Å². The second-order valence-corrected chi connectivity index (χ2v) is 6.75. The number of hydrogen-bond donors (Lipinski definition) is 0. The number of likely N-dealkylation sites (tertiary alicyclic amines) is 1. The maximum Gasteiger partial charge on any atom is 0.265 e. The molecule has 2 aliphatic rings. The number of rotatable bonds is 4. The molecular formula is C19H24N2O4. The van der Waals surface area contributed by atoms with Gasteiger partial charge in [-0.2, -0.15) is 0 Å². The maximum absolute atomic E-state index is 12.5. The van der Waals surface area contributed by atoms with Crippen LogP contribution in [0.2, 0.25) is 0 Å². The highest BCUT2D eigenvalue weighted by Crippen LogP contribution is 2.33. The number of fused-ring (bicyclic) bond motifs is 1. The molecule has 0 spiro atoms. The van der Waals surface area contributed by atoms with Crippen molar-refractivity contribution in [3.8, 4) is 5.75 Å². The van der Waals surface area contributed by atoms with E-state index in [0.29, 0.717) is 23.5 Å². The quantitative estimate of drug-likeness (QED) is 0.787. The third-order valence-electron chi connectivity index (χ3n) is 4.98. The molecule has 1 aromatic rings. The molecule has 134 valence electrons. The number of ketones is 1. The Morgan fingerprint density at radius 3 is 2.80 bits per heavy atom. The summed E-state index contributed by atoms with van der Waals surface area (Å²) in [5, 5.41) is 0. The zero-order valence-electron chi connectivity index (χ0n) is 14.8. The Bertz CT molecular complexity index is 701. The van der Waals surface area contributed by atoms with E-state index in [1.54, 1.807) is 23.1 Å². The summed E-state index contributed by atoms with van der Waals surface area (Å²) in [5.74, 6) is 0.394. The first-order chi connectivity index (χ1) is 12.0. The number of hydrogen-bond acceptors (Lipinski definition) is 4. The molecule has 6 nitrogen and oxygen atoms in total. The Balaban J connectivity index is 1.74. The van der Waals surface area contributed by atoms with Gasteiger partial charge in [0.2, 0.25) is 5.91 Å². The van der Waals surface area contributed by atoms with E-state index < -0.39 is 0 Å². The number of amides is 2. The molecule has 25 heavy (non-hydrogen) atoms. The van der Waals surface area contributed by atoms with E-state index in [2.05, 4.69) is 6.92 Å². The normalized spacial score (nSPS) is 20.1. The highest BCUT2D eigenvalue weighted by atomic mass is 16.5. The van der Waals surface area contributed by atoms with Gasteiger partial charge in [-0.1, -0.05) is 0 Å². The Hall–Kier alpha value is -2.37. The highest BCUT2D eigenvalue weighted by Gasteiger charge is 2.28. The van der Waals surface area contributed by atoms with Crippen molar-refractivity contribution in [2.75, 3.05) is 24.6 Å². The van der Waals surface area contributed by atoms with Crippen molar-refractivity contribution in [2.45, 2.75) is 45.6 Å². The lowest BCUT2D eigenvalue weighted by Gasteiger charge is -2.35. The number of nitrogens with zero attached hydrogens (tertiary/aromatic N) is 2. The van der Waals surface area contributed by atoms with E-state index in [1.807, 2.05) is 4.90 Å². The van der Waals surface area contributed by atoms with Crippen LogP contribution in [0.5, 0.6) is 5.75 Å². The number of Topliss-reactive ketones (excluding diaryl/α,β-unsaturated/α-hetero) is 1. The molecule has 0 bridgehead atoms. The third-order valence-corrected chi connectivity index (χ3v) is 4.98. The van der Waals surface area contributed by atoms with Crippen LogP contribution in [0.25, 0.3) is 0 Å². The van der Waals surface area contributed by atoms with E-state index in [1.165, 1.54) is 6.92 Å². The van der Waals surface area contributed by atoms with Crippen LogP contribution >= 0.6 is 0 Å². The van der Waals surface area contributed by atoms with Gasteiger partial charge in [-0.05, 0) is 51.3 Å². The smallest absolute Gasteiger partial charge is 0.265 e. The summed E-state index contributed by atoms with van der Waals surface area (Å²) in [6.07, 6.45) is 3.51. The molecule has 2 amide bonds. The Kier molecular flexibility index (Phi) is 5.06. The first kappa shape index (κ1) is 17.5. The molecule has 0 aliphatic carbocycles. The van der Waals surface area contributed by atoms with Gasteiger partial charge in [0.15, 0.2) is 12.4 Å². The fourth-order valence-corrected chi connectivity index (χ4v) is 3.49. The average Bonchev–Trinajstić information content (AvgIpc) is 2.60. The summed E-state index contributed by atoms with van der Waals surface area (Å²) < 4.78 is 5.44. The van der Waals surface area contributed by atoms with Gasteiger partial charge < -0.3 is 14.5 Å². The van der Waals surface area contributed by atoms with E-state index in [0.717, 1.165) is 25.8 Å². The Labute approximate surface area is 147 Å². The lowest BCUT2D eigenvalue weighted by Crippen LogP contribution is -2.45. The van der Waals surface area contributed by atoms with Gasteiger partial charge in [-0.15, -0.1) is 0 Å². The van der Waals surface area contributed by atoms with Crippen molar-refractivity contribution in [1.29, 1.82) is 0 Å². The van der Waals surface area contributed by atoms with E-state index in [9.17, 15) is 14.4 Å². The van der Waals surface area contributed by atoms with Gasteiger partial charge in [0, 0.05) is 31.1 Å². The lowest BCUT2D eigenvalue weighted by atomic mass is 10.0. The Morgan fingerprint density at radius 2 is 2.08 bits per heavy atom. The molecule has 0 saturated carbocycles. The zero-order chi connectivity index (χ0) is 18.0. The van der Waals surface area contributed by atoms with Crippen molar-refractivity contribution in [2.24, 2.45) is 0 Å². The molecule has 0 N–H and O–H groups in total. The topological polar surface area (TPSA) is 66.9 Å². The third kappa shape index (κ3) is 3.67. The second-order valence-electron chi connectivity index (χ2n) is 6.75. The molecule has 6 heteroatoms. The number of carbonyl (C=O) groups excluding carboxylic acids is 3. The van der Waals surface area contributed by atoms with E-state index >= 15 is 0 Å². The van der Waals surface area contributed by atoms with Crippen molar-refractivity contribution in [3.05, 3.63) is 23.8 Å². The maximum atomic E-state index is 12.5. The molecule has 1 saturated heterocycles. The molecule has 1 aromatic carbocycles. The second kappa shape index (κ2) is 7.25. The zero-order valence-corrected chi connectivity index (χ0v) is 14.8. The standard InChI is InChI=1S/C19H24N2O4/c1-13-5-3-4-9-20(13)18(23)8-10-21-16-11-15(14(2)22)6-7-17(16)25-12-19(21)24/h6-7,11,13H,3-5,8-10,12H2,1-2H3. The SMILES string of the molecule is CC(=O)c1ccc2c(c1)N(CCC(=O)N1CCCCC1C)C(=O)CO2. The van der Waals surface area contributed by atoms with Gasteiger partial charge in [-0.25, -0.2) is 0 Å². The lowest BCUT2D eigenvalue weighted by molar-refractivity contribution is -0.134. The van der Waals surface area contributed by atoms with Crippen LogP contribution in [0.1, 0.15) is 49.9 Å². The summed E-state index contributed by atoms with van der Waals surface area (Å²) in [6, 6.07) is 5.33. The predicted molar refractivity (Wildman–Crippen MR) is 93.9 cm³/mol. The van der Waals surface area contributed by atoms with Gasteiger partial charge in [0.05, 0.1) is 5.69 Å². The van der Waals surface area contributed by atoms with Gasteiger partial charge in [0.25, 0.3) is 5.91 Å². The summed E-state index contributed by atoms with van der Waals surface area (Å²) in [5.41, 5.74) is 1.10. The van der Waals surface area contributed by atoms with Crippen LogP contribution in [0.3, 0.4) is 0 Å². The van der Waals surface area contributed by atoms with Gasteiger partial charge in [0.1, 0.15) is 5.75 Å². The number of benzene rings is 1. The minimum Gasteiger partial charge on any atom is -0.482 e. The van der Waals surface area contributed by atoms with Crippen molar-refractivity contribution >= 4 is 23.3 Å². The molecule has 2 heterocycles. The molecule has 1 atom stereocenters. The van der Waals surface area contributed by atoms with Gasteiger partial charge in [-0.3, -0.25) is 14.4 Å². The van der Waals surface area contributed by atoms with Crippen LogP contribution in [0.4, 0.5) is 5.69 Å². The van der Waals surface area contributed by atoms with Crippen LogP contribution in [0.15, 0.2) is 18.2 Å². The first-order valence-electron chi connectivity index (χ1n) is 8.85. The predicted octanol–water partition coefficient (Wildman–Crippen LogP) is 2.41. The summed E-state index contributed by atoms with van der Waals surface area (Å²) in [7, 11) is 0. The fourth-order valence-electron chi connectivity index (χ4n) is 3.49. The summed E-state index contributed by atoms with van der Waals surface area (Å²) >= 11 is 0. The minimum absolute atomic E-state index is 0.0409. The van der Waals surface area contributed by atoms with Crippen molar-refractivity contribution < 1.29 is 19.1 Å². The highest BCUT2D eigenvalue weighted by molar-refractivity contribution is 6.01. The van der Waals surface area contributed by atoms with Crippen LogP contribution in [-0.4, -0.2) is 48.2 Å². The van der Waals surface area contributed by atoms with E-state index in [-0.39, 0.29) is 36.7 Å². The van der Waals surface area contributed by atoms with Gasteiger partial charge >= 0.3 is 0 Å². The Morgan fingerprint density at radius 1 is 1.28 bits per heavy atom. The minimum atomic E-state index is -0.187. The van der Waals surface area contributed by atoms with Crippen molar-refractivity contribution in [3.63, 3.8) is 0 Å². The van der Waals surface area contributed by atoms with E-state index in [4.69, 9.17) is 4.74 Å². The molecular weight excluding hydrogens is 320 g/mol. The fraction of sp³-hybridized carbons (Fsp3) is 0.526. The summed E-state index contributed by atoms with van der Waals surface area (Å²) in [6.45, 7) is 4.62. The molecule has 3 rings (SSSR count). The van der Waals surface area contributed by atoms with Crippen LogP contribution in [0, 0.1) is 0 Å². The molecule has 1 unspecified atom stereocenters. The molecule has 1 fully saturated rings. The molecule has 2 aliphatic heterocycles. The largest absolute Gasteiger partial charge is 0.482 e. The first-order valence-corrected chi connectivity index (χ1v) is 8.85.